The smallest absolute Gasteiger partial charge is 0.325 e. The number of aromatic nitrogens is 2. The minimum Gasteiger partial charge on any atom is -0.507 e. The lowest BCUT2D eigenvalue weighted by Crippen LogP contribution is -2.49. The molecule has 4 saturated heterocycles. The Kier molecular flexibility index (Phi) is 12.9. The minimum atomic E-state index is -0.527. The molecule has 0 radical (unpaired) electrons. The van der Waals surface area contributed by atoms with Gasteiger partial charge >= 0.3 is 6.03 Å². The van der Waals surface area contributed by atoms with Gasteiger partial charge in [0, 0.05) is 106 Å². The Morgan fingerprint density at radius 2 is 1.39 bits per heavy atom. The molecular weight excluding hydrogens is 905 g/mol. The fraction of sp³-hybridized carbons (Fsp3) is 0.345. The molecule has 13 nitrogen and oxygen atoms in total. The first-order valence-electron chi connectivity index (χ1n) is 24.3. The van der Waals surface area contributed by atoms with E-state index in [4.69, 9.17) is 16.6 Å². The van der Waals surface area contributed by atoms with Crippen LogP contribution in [-0.2, 0) is 16.8 Å². The van der Waals surface area contributed by atoms with E-state index in [0.717, 1.165) is 74.1 Å². The number of carbonyl (C=O) groups is 2. The second kappa shape index (κ2) is 19.2. The van der Waals surface area contributed by atoms with Crippen molar-refractivity contribution in [2.45, 2.75) is 58.5 Å². The number of halogens is 2. The summed E-state index contributed by atoms with van der Waals surface area (Å²) in [5.74, 6) is 1.09. The van der Waals surface area contributed by atoms with Crippen molar-refractivity contribution in [2.75, 3.05) is 85.0 Å². The van der Waals surface area contributed by atoms with Gasteiger partial charge in [-0.15, -0.1) is 0 Å². The van der Waals surface area contributed by atoms with Gasteiger partial charge in [-0.2, -0.15) is 0 Å². The monoisotopic (exact) mass is 963 g/mol. The predicted octanol–water partition coefficient (Wildman–Crippen LogP) is 9.42. The van der Waals surface area contributed by atoms with Crippen molar-refractivity contribution in [1.29, 1.82) is 0 Å². The largest absolute Gasteiger partial charge is 0.507 e. The van der Waals surface area contributed by atoms with Gasteiger partial charge < -0.3 is 40.4 Å². The third kappa shape index (κ3) is 9.35. The van der Waals surface area contributed by atoms with E-state index in [1.54, 1.807) is 34.2 Å². The Morgan fingerprint density at radius 3 is 2.07 bits per heavy atom. The van der Waals surface area contributed by atoms with E-state index in [9.17, 15) is 19.8 Å². The summed E-state index contributed by atoms with van der Waals surface area (Å²) >= 11 is 7.11. The number of phenols is 2. The highest BCUT2D eigenvalue weighted by atomic mass is 35.5. The number of nitrogens with one attached hydrogen (secondary N) is 2. The summed E-state index contributed by atoms with van der Waals surface area (Å²) in [6, 6.07) is 27.6. The maximum Gasteiger partial charge on any atom is 0.325 e. The number of piperazine rings is 2. The van der Waals surface area contributed by atoms with Crippen molar-refractivity contribution in [2.24, 2.45) is 0 Å². The number of benzene rings is 4. The summed E-state index contributed by atoms with van der Waals surface area (Å²) < 4.78 is 15.6. The lowest BCUT2D eigenvalue weighted by molar-refractivity contribution is -0.117. The molecule has 0 unspecified atom stereocenters. The molecule has 4 fully saturated rings. The number of hydrogen-bond acceptors (Lipinski definition) is 10. The maximum atomic E-state index is 15.6. The first kappa shape index (κ1) is 47.0. The number of anilines is 4. The number of carbonyl (C=O) groups excluding carboxylic acids is 2. The number of pyridine rings is 2. The van der Waals surface area contributed by atoms with Gasteiger partial charge in [0.15, 0.2) is 0 Å². The summed E-state index contributed by atoms with van der Waals surface area (Å²) in [5, 5.41) is 31.2. The number of urea groups is 1. The maximum absolute atomic E-state index is 15.6. The van der Waals surface area contributed by atoms with E-state index < -0.39 is 5.82 Å². The molecule has 15 heteroatoms. The van der Waals surface area contributed by atoms with Crippen LogP contribution in [0.3, 0.4) is 0 Å². The standard InChI is InChI=1S/C55H59ClFN9O4/c1-34-32-63(22-18-59-34)50-29-38(42-8-5-7-41(52(42)68)36-11-13-48(46(57)27-36)65-19-6-9-51(65)67)25-40(61-50)33-64-23-24-66(54(64)70)47-12-10-35(26-45(47)56)43-30-39(55(2,3)4)31-44(53(43)69)37-14-15-60-49(28-37)62-20-16-58-17-21-62/h5,7-8,10-15,25-31,34,58-59,68-69H,6,9,16-24,32-33H2,1-4H3/t34-/m1/s1. The van der Waals surface area contributed by atoms with Gasteiger partial charge in [-0.3, -0.25) is 9.69 Å². The van der Waals surface area contributed by atoms with Crippen molar-refractivity contribution in [3.63, 3.8) is 0 Å². The topological polar surface area (TPSA) is 141 Å². The third-order valence-corrected chi connectivity index (χ3v) is 14.3. The van der Waals surface area contributed by atoms with Crippen molar-refractivity contribution < 1.29 is 24.2 Å². The number of aromatic hydroxyl groups is 2. The number of amides is 3. The minimum absolute atomic E-state index is 0.0165. The van der Waals surface area contributed by atoms with E-state index in [-0.39, 0.29) is 47.1 Å². The van der Waals surface area contributed by atoms with Crippen LogP contribution in [0.1, 0.15) is 51.8 Å². The molecule has 6 aromatic rings. The Labute approximate surface area is 413 Å². The highest BCUT2D eigenvalue weighted by molar-refractivity contribution is 6.34. The van der Waals surface area contributed by atoms with Gasteiger partial charge in [0.2, 0.25) is 5.91 Å². The van der Waals surface area contributed by atoms with Crippen LogP contribution < -0.4 is 30.2 Å². The molecule has 3 amide bonds. The Hall–Kier alpha value is -6.74. The average Bonchev–Trinajstić information content (AvgIpc) is 3.94. The molecule has 0 bridgehead atoms. The van der Waals surface area contributed by atoms with Gasteiger partial charge in [-0.05, 0) is 107 Å². The number of rotatable bonds is 10. The van der Waals surface area contributed by atoms with Crippen molar-refractivity contribution in [1.82, 2.24) is 25.5 Å². The van der Waals surface area contributed by atoms with Crippen molar-refractivity contribution in [3.8, 4) is 56.0 Å². The van der Waals surface area contributed by atoms with Crippen LogP contribution in [0.4, 0.5) is 32.2 Å². The Morgan fingerprint density at radius 1 is 0.714 bits per heavy atom. The zero-order chi connectivity index (χ0) is 48.8. The molecule has 362 valence electrons. The van der Waals surface area contributed by atoms with Crippen molar-refractivity contribution in [3.05, 3.63) is 119 Å². The average molecular weight is 965 g/mol. The fourth-order valence-corrected chi connectivity index (χ4v) is 10.4. The molecule has 10 rings (SSSR count). The van der Waals surface area contributed by atoms with Gasteiger partial charge in [-0.1, -0.05) is 62.7 Å². The molecular formula is C55H59ClFN9O4. The van der Waals surface area contributed by atoms with Crippen LogP contribution in [0.5, 0.6) is 11.5 Å². The molecule has 0 saturated carbocycles. The number of phenolic OH excluding ortho intramolecular Hbond substituents is 2. The van der Waals surface area contributed by atoms with E-state index in [1.807, 2.05) is 60.7 Å². The Bertz CT molecular complexity index is 2990. The number of para-hydroxylation sites is 1. The number of hydrogen-bond donors (Lipinski definition) is 4. The van der Waals surface area contributed by atoms with Crippen LogP contribution in [0.15, 0.2) is 97.2 Å². The van der Waals surface area contributed by atoms with Crippen LogP contribution in [0.25, 0.3) is 44.5 Å². The van der Waals surface area contributed by atoms with Gasteiger partial charge in [-0.25, -0.2) is 19.2 Å². The SMILES string of the molecule is C[C@@H]1CN(c2cc(-c3cccc(-c4ccc(N5CCCC5=O)c(F)c4)c3O)cc(CN3CCN(c4ccc(-c5cc(C(C)(C)C)cc(-c6ccnc(N7CCNCC7)c6)c5O)cc4Cl)C3=O)n2)CCN1. The molecule has 4 aliphatic rings. The summed E-state index contributed by atoms with van der Waals surface area (Å²) in [6.07, 6.45) is 2.88. The normalized spacial score (nSPS) is 17.9. The molecule has 4 aromatic carbocycles. The van der Waals surface area contributed by atoms with E-state index >= 15 is 4.39 Å². The summed E-state index contributed by atoms with van der Waals surface area (Å²) in [6.45, 7) is 15.8. The highest BCUT2D eigenvalue weighted by Gasteiger charge is 2.33. The second-order valence-corrected chi connectivity index (χ2v) is 20.3. The van der Waals surface area contributed by atoms with Crippen LogP contribution in [0, 0.1) is 5.82 Å². The zero-order valence-corrected chi connectivity index (χ0v) is 40.9. The lowest BCUT2D eigenvalue weighted by atomic mass is 9.82. The van der Waals surface area contributed by atoms with Gasteiger partial charge in [0.05, 0.1) is 28.6 Å². The van der Waals surface area contributed by atoms with Crippen LogP contribution in [0.2, 0.25) is 5.02 Å². The van der Waals surface area contributed by atoms with Crippen LogP contribution in [-0.4, -0.2) is 109 Å². The Balaban J connectivity index is 0.927. The van der Waals surface area contributed by atoms with Crippen molar-refractivity contribution >= 4 is 46.5 Å². The predicted molar refractivity (Wildman–Crippen MR) is 277 cm³/mol. The zero-order valence-electron chi connectivity index (χ0n) is 40.1. The molecule has 70 heavy (non-hydrogen) atoms. The molecule has 0 spiro atoms. The van der Waals surface area contributed by atoms with Crippen LogP contribution >= 0.6 is 11.6 Å². The summed E-state index contributed by atoms with van der Waals surface area (Å²) in [7, 11) is 0. The van der Waals surface area contributed by atoms with E-state index in [0.29, 0.717) is 82.3 Å². The summed E-state index contributed by atoms with van der Waals surface area (Å²) in [4.78, 5) is 45.9. The quantitative estimate of drug-likeness (QED) is 0.105. The second-order valence-electron chi connectivity index (χ2n) is 19.9. The van der Waals surface area contributed by atoms with E-state index in [2.05, 4.69) is 59.2 Å². The summed E-state index contributed by atoms with van der Waals surface area (Å²) in [5.41, 5.74) is 7.39. The molecule has 4 N–H and O–H groups in total. The fourth-order valence-electron chi connectivity index (χ4n) is 10.1. The molecule has 2 aromatic heterocycles. The third-order valence-electron chi connectivity index (χ3n) is 14.0. The molecule has 4 aliphatic heterocycles. The highest BCUT2D eigenvalue weighted by Crippen LogP contribution is 2.45. The first-order chi connectivity index (χ1) is 33.7. The number of nitrogens with zero attached hydrogens (tertiary/aromatic N) is 7. The lowest BCUT2D eigenvalue weighted by Gasteiger charge is -2.33. The first-order valence-corrected chi connectivity index (χ1v) is 24.7. The van der Waals surface area contributed by atoms with E-state index in [1.165, 1.54) is 11.0 Å². The van der Waals surface area contributed by atoms with Gasteiger partial charge in [0.1, 0.15) is 29.0 Å². The molecule has 1 atom stereocenters. The molecule has 6 heterocycles. The molecule has 0 aliphatic carbocycles. The van der Waals surface area contributed by atoms with Gasteiger partial charge in [0.25, 0.3) is 0 Å².